The fourth-order valence-electron chi connectivity index (χ4n) is 2.34. The molecule has 1 aliphatic rings. The van der Waals surface area contributed by atoms with Crippen molar-refractivity contribution in [2.75, 3.05) is 25.0 Å². The molecule has 4 nitrogen and oxygen atoms in total. The Bertz CT molecular complexity index is 464. The molecule has 1 fully saturated rings. The summed E-state index contributed by atoms with van der Waals surface area (Å²) in [5.74, 6) is 0.0156. The normalized spacial score (nSPS) is 22.5. The lowest BCUT2D eigenvalue weighted by molar-refractivity contribution is -0.115. The van der Waals surface area contributed by atoms with E-state index in [0.717, 1.165) is 30.8 Å². The van der Waals surface area contributed by atoms with Crippen LogP contribution in [0.4, 0.5) is 5.69 Å². The average Bonchev–Trinajstić information content (AvgIpc) is 2.80. The van der Waals surface area contributed by atoms with Gasteiger partial charge in [-0.15, -0.1) is 0 Å². The van der Waals surface area contributed by atoms with E-state index in [9.17, 15) is 4.79 Å². The Morgan fingerprint density at radius 2 is 2.21 bits per heavy atom. The van der Waals surface area contributed by atoms with E-state index in [1.807, 2.05) is 19.1 Å². The molecule has 2 rings (SSSR count). The van der Waals surface area contributed by atoms with E-state index in [-0.39, 0.29) is 11.4 Å². The third kappa shape index (κ3) is 3.55. The van der Waals surface area contributed by atoms with Gasteiger partial charge in [0.1, 0.15) is 0 Å². The molecule has 1 aromatic rings. The van der Waals surface area contributed by atoms with E-state index >= 15 is 0 Å². The number of aryl methyl sites for hydroxylation is 1. The third-order valence-corrected chi connectivity index (χ3v) is 3.92. The minimum atomic E-state index is 0.0156. The molecule has 0 aromatic heterocycles. The number of benzene rings is 1. The number of amides is 1. The van der Waals surface area contributed by atoms with Gasteiger partial charge in [-0.3, -0.25) is 4.79 Å². The van der Waals surface area contributed by atoms with Crippen LogP contribution in [0.1, 0.15) is 24.5 Å². The Morgan fingerprint density at radius 3 is 2.89 bits per heavy atom. The van der Waals surface area contributed by atoms with Crippen molar-refractivity contribution in [3.63, 3.8) is 0 Å². The third-order valence-electron chi connectivity index (χ3n) is 3.92. The molecule has 1 saturated heterocycles. The SMILES string of the molecule is Cc1cccc(NC(=O)CNC2(C)CCNC2)c1C. The molecule has 0 radical (unpaired) electrons. The molecule has 0 saturated carbocycles. The lowest BCUT2D eigenvalue weighted by Crippen LogP contribution is -2.47. The summed E-state index contributed by atoms with van der Waals surface area (Å²) in [6.07, 6.45) is 1.06. The van der Waals surface area contributed by atoms with Crippen molar-refractivity contribution in [3.05, 3.63) is 29.3 Å². The van der Waals surface area contributed by atoms with Gasteiger partial charge in [0.2, 0.25) is 5.91 Å². The smallest absolute Gasteiger partial charge is 0.238 e. The van der Waals surface area contributed by atoms with Crippen LogP contribution in [0.3, 0.4) is 0 Å². The fourth-order valence-corrected chi connectivity index (χ4v) is 2.34. The summed E-state index contributed by atoms with van der Waals surface area (Å²) in [4.78, 5) is 12.0. The topological polar surface area (TPSA) is 53.2 Å². The molecule has 1 aliphatic heterocycles. The largest absolute Gasteiger partial charge is 0.325 e. The van der Waals surface area contributed by atoms with Gasteiger partial charge in [-0.25, -0.2) is 0 Å². The van der Waals surface area contributed by atoms with Crippen molar-refractivity contribution in [1.29, 1.82) is 0 Å². The average molecular weight is 261 g/mol. The van der Waals surface area contributed by atoms with Crippen molar-refractivity contribution < 1.29 is 4.79 Å². The standard InChI is InChI=1S/C15H23N3O/c1-11-5-4-6-13(12(11)2)18-14(19)9-17-15(3)7-8-16-10-15/h4-6,16-17H,7-10H2,1-3H3,(H,18,19). The first-order chi connectivity index (χ1) is 9.00. The number of hydrogen-bond donors (Lipinski definition) is 3. The molecule has 0 bridgehead atoms. The molecule has 1 atom stereocenters. The summed E-state index contributed by atoms with van der Waals surface area (Å²) in [6, 6.07) is 5.96. The predicted octanol–water partition coefficient (Wildman–Crippen LogP) is 1.58. The number of hydrogen-bond acceptors (Lipinski definition) is 3. The number of anilines is 1. The maximum Gasteiger partial charge on any atom is 0.238 e. The van der Waals surface area contributed by atoms with Crippen LogP contribution in [0.25, 0.3) is 0 Å². The summed E-state index contributed by atoms with van der Waals surface area (Å²) in [7, 11) is 0. The molecule has 3 N–H and O–H groups in total. The van der Waals surface area contributed by atoms with E-state index in [1.54, 1.807) is 0 Å². The van der Waals surface area contributed by atoms with Gasteiger partial charge in [0, 0.05) is 17.8 Å². The lowest BCUT2D eigenvalue weighted by Gasteiger charge is -2.24. The molecular formula is C15H23N3O. The highest BCUT2D eigenvalue weighted by atomic mass is 16.1. The van der Waals surface area contributed by atoms with E-state index in [0.29, 0.717) is 6.54 Å². The summed E-state index contributed by atoms with van der Waals surface area (Å²) >= 11 is 0. The maximum atomic E-state index is 12.0. The zero-order valence-electron chi connectivity index (χ0n) is 12.0. The van der Waals surface area contributed by atoms with Gasteiger partial charge in [-0.05, 0) is 50.9 Å². The molecule has 19 heavy (non-hydrogen) atoms. The maximum absolute atomic E-state index is 12.0. The molecule has 0 aliphatic carbocycles. The molecule has 0 spiro atoms. The monoisotopic (exact) mass is 261 g/mol. The number of carbonyl (C=O) groups excluding carboxylic acids is 1. The minimum Gasteiger partial charge on any atom is -0.325 e. The molecule has 1 amide bonds. The van der Waals surface area contributed by atoms with Crippen molar-refractivity contribution in [2.24, 2.45) is 0 Å². The zero-order chi connectivity index (χ0) is 13.9. The molecule has 1 heterocycles. The molecule has 104 valence electrons. The summed E-state index contributed by atoms with van der Waals surface area (Å²) in [6.45, 7) is 8.52. The minimum absolute atomic E-state index is 0.0156. The van der Waals surface area contributed by atoms with E-state index < -0.39 is 0 Å². The Balaban J connectivity index is 1.89. The summed E-state index contributed by atoms with van der Waals surface area (Å²) in [5.41, 5.74) is 3.27. The Hall–Kier alpha value is -1.39. The van der Waals surface area contributed by atoms with Crippen LogP contribution in [0.15, 0.2) is 18.2 Å². The van der Waals surface area contributed by atoms with Crippen LogP contribution < -0.4 is 16.0 Å². The molecule has 1 unspecified atom stereocenters. The van der Waals surface area contributed by atoms with Crippen LogP contribution in [0, 0.1) is 13.8 Å². The summed E-state index contributed by atoms with van der Waals surface area (Å²) in [5, 5.41) is 9.62. The first-order valence-electron chi connectivity index (χ1n) is 6.82. The van der Waals surface area contributed by atoms with Crippen LogP contribution in [-0.4, -0.2) is 31.1 Å². The van der Waals surface area contributed by atoms with Crippen molar-refractivity contribution >= 4 is 11.6 Å². The van der Waals surface area contributed by atoms with E-state index in [2.05, 4.69) is 35.9 Å². The summed E-state index contributed by atoms with van der Waals surface area (Å²) < 4.78 is 0. The van der Waals surface area contributed by atoms with E-state index in [4.69, 9.17) is 0 Å². The van der Waals surface area contributed by atoms with Crippen LogP contribution >= 0.6 is 0 Å². The zero-order valence-corrected chi connectivity index (χ0v) is 12.0. The van der Waals surface area contributed by atoms with Gasteiger partial charge in [-0.2, -0.15) is 0 Å². The van der Waals surface area contributed by atoms with Gasteiger partial charge < -0.3 is 16.0 Å². The number of carbonyl (C=O) groups is 1. The second-order valence-electron chi connectivity index (χ2n) is 5.64. The predicted molar refractivity (Wildman–Crippen MR) is 78.4 cm³/mol. The first kappa shape index (κ1) is 14.0. The van der Waals surface area contributed by atoms with Crippen molar-refractivity contribution in [1.82, 2.24) is 10.6 Å². The van der Waals surface area contributed by atoms with Crippen LogP contribution in [-0.2, 0) is 4.79 Å². The molecular weight excluding hydrogens is 238 g/mol. The van der Waals surface area contributed by atoms with Crippen molar-refractivity contribution in [2.45, 2.75) is 32.7 Å². The molecule has 4 heteroatoms. The Kier molecular flexibility index (Phi) is 4.22. The van der Waals surface area contributed by atoms with Crippen LogP contribution in [0.2, 0.25) is 0 Å². The van der Waals surface area contributed by atoms with Gasteiger partial charge in [-0.1, -0.05) is 12.1 Å². The van der Waals surface area contributed by atoms with Gasteiger partial charge in [0.15, 0.2) is 0 Å². The van der Waals surface area contributed by atoms with Crippen LogP contribution in [0.5, 0.6) is 0 Å². The van der Waals surface area contributed by atoms with Crippen molar-refractivity contribution in [3.8, 4) is 0 Å². The Labute approximate surface area is 115 Å². The van der Waals surface area contributed by atoms with Gasteiger partial charge >= 0.3 is 0 Å². The second kappa shape index (κ2) is 5.72. The highest BCUT2D eigenvalue weighted by Crippen LogP contribution is 2.18. The van der Waals surface area contributed by atoms with E-state index in [1.165, 1.54) is 5.56 Å². The Morgan fingerprint density at radius 1 is 1.42 bits per heavy atom. The van der Waals surface area contributed by atoms with Gasteiger partial charge in [0.25, 0.3) is 0 Å². The highest BCUT2D eigenvalue weighted by molar-refractivity contribution is 5.93. The number of nitrogens with one attached hydrogen (secondary N) is 3. The quantitative estimate of drug-likeness (QED) is 0.771. The first-order valence-corrected chi connectivity index (χ1v) is 6.82. The lowest BCUT2D eigenvalue weighted by atomic mass is 10.0. The molecule has 1 aromatic carbocycles. The number of rotatable bonds is 4. The second-order valence-corrected chi connectivity index (χ2v) is 5.64. The van der Waals surface area contributed by atoms with Gasteiger partial charge in [0.05, 0.1) is 6.54 Å². The highest BCUT2D eigenvalue weighted by Gasteiger charge is 2.28. The fraction of sp³-hybridized carbons (Fsp3) is 0.533.